The minimum absolute atomic E-state index is 0.175. The van der Waals surface area contributed by atoms with Crippen LogP contribution in [0.2, 0.25) is 0 Å². The van der Waals surface area contributed by atoms with Crippen molar-refractivity contribution in [1.82, 2.24) is 9.97 Å². The van der Waals surface area contributed by atoms with Crippen LogP contribution < -0.4 is 10.2 Å². The Morgan fingerprint density at radius 3 is 2.32 bits per heavy atom. The van der Waals surface area contributed by atoms with Crippen LogP contribution in [0.5, 0.6) is 0 Å². The average molecular weight is 292 g/mol. The average Bonchev–Trinajstić information content (AvgIpc) is 2.55. The molecule has 0 unspecified atom stereocenters. The summed E-state index contributed by atoms with van der Waals surface area (Å²) in [6.45, 7) is 2.14. The van der Waals surface area contributed by atoms with E-state index in [-0.39, 0.29) is 6.04 Å². The maximum atomic E-state index is 4.67. The molecular weight excluding hydrogens is 272 g/mol. The summed E-state index contributed by atoms with van der Waals surface area (Å²) in [4.78, 5) is 11.2. The second kappa shape index (κ2) is 6.02. The van der Waals surface area contributed by atoms with Gasteiger partial charge in [0.2, 0.25) is 5.95 Å². The fraction of sp³-hybridized carbons (Fsp3) is 0.222. The Hall–Kier alpha value is -2.62. The summed E-state index contributed by atoms with van der Waals surface area (Å²) in [7, 11) is 3.91. The molecule has 1 heterocycles. The zero-order valence-corrected chi connectivity index (χ0v) is 13.1. The molecule has 0 saturated carbocycles. The number of nitrogens with zero attached hydrogens (tertiary/aromatic N) is 3. The van der Waals surface area contributed by atoms with Crippen LogP contribution >= 0.6 is 0 Å². The first-order chi connectivity index (χ1) is 10.6. The van der Waals surface area contributed by atoms with E-state index in [1.165, 1.54) is 5.56 Å². The largest absolute Gasteiger partial charge is 0.363 e. The van der Waals surface area contributed by atoms with Gasteiger partial charge < -0.3 is 10.2 Å². The molecule has 1 N–H and O–H groups in total. The Morgan fingerprint density at radius 2 is 1.59 bits per heavy atom. The third-order valence-electron chi connectivity index (χ3n) is 3.64. The minimum atomic E-state index is 0.175. The van der Waals surface area contributed by atoms with Crippen molar-refractivity contribution in [2.45, 2.75) is 13.0 Å². The predicted octanol–water partition coefficient (Wildman–Crippen LogP) is 3.87. The first kappa shape index (κ1) is 14.3. The number of para-hydroxylation sites is 1. The van der Waals surface area contributed by atoms with Crippen LogP contribution in [0.25, 0.3) is 10.9 Å². The highest BCUT2D eigenvalue weighted by molar-refractivity contribution is 5.90. The van der Waals surface area contributed by atoms with Gasteiger partial charge in [-0.1, -0.05) is 42.5 Å². The Kier molecular flexibility index (Phi) is 3.92. The van der Waals surface area contributed by atoms with Gasteiger partial charge in [0.1, 0.15) is 5.82 Å². The fourth-order valence-electron chi connectivity index (χ4n) is 2.40. The van der Waals surface area contributed by atoms with E-state index in [0.29, 0.717) is 5.95 Å². The molecule has 4 heteroatoms. The minimum Gasteiger partial charge on any atom is -0.363 e. The number of anilines is 2. The predicted molar refractivity (Wildman–Crippen MR) is 92.3 cm³/mol. The van der Waals surface area contributed by atoms with Gasteiger partial charge in [0, 0.05) is 25.5 Å². The summed E-state index contributed by atoms with van der Waals surface area (Å²) >= 11 is 0. The zero-order valence-electron chi connectivity index (χ0n) is 13.1. The van der Waals surface area contributed by atoms with Crippen molar-refractivity contribution < 1.29 is 0 Å². The van der Waals surface area contributed by atoms with Crippen molar-refractivity contribution in [1.29, 1.82) is 0 Å². The topological polar surface area (TPSA) is 41.1 Å². The molecule has 2 aromatic carbocycles. The van der Waals surface area contributed by atoms with Crippen LogP contribution in [-0.4, -0.2) is 24.1 Å². The van der Waals surface area contributed by atoms with Gasteiger partial charge in [-0.05, 0) is 24.6 Å². The molecule has 22 heavy (non-hydrogen) atoms. The lowest BCUT2D eigenvalue weighted by molar-refractivity contribution is 0.873. The first-order valence-corrected chi connectivity index (χ1v) is 7.41. The van der Waals surface area contributed by atoms with Crippen LogP contribution in [0.1, 0.15) is 18.5 Å². The molecule has 0 amide bonds. The molecule has 0 fully saturated rings. The Bertz CT molecular complexity index is 768. The molecule has 0 bridgehead atoms. The zero-order chi connectivity index (χ0) is 15.5. The normalized spacial score (nSPS) is 12.1. The van der Waals surface area contributed by atoms with E-state index in [9.17, 15) is 0 Å². The van der Waals surface area contributed by atoms with Gasteiger partial charge in [-0.25, -0.2) is 4.98 Å². The molecule has 1 aromatic heterocycles. The van der Waals surface area contributed by atoms with Gasteiger partial charge in [0.15, 0.2) is 0 Å². The number of rotatable bonds is 4. The number of nitrogens with one attached hydrogen (secondary N) is 1. The third kappa shape index (κ3) is 2.86. The van der Waals surface area contributed by atoms with Crippen LogP contribution in [0.15, 0.2) is 54.6 Å². The third-order valence-corrected chi connectivity index (χ3v) is 3.64. The smallest absolute Gasteiger partial charge is 0.227 e. The summed E-state index contributed by atoms with van der Waals surface area (Å²) in [6.07, 6.45) is 0. The molecule has 0 aliphatic heterocycles. The number of aromatic nitrogens is 2. The fourth-order valence-corrected chi connectivity index (χ4v) is 2.40. The second-order valence-electron chi connectivity index (χ2n) is 5.56. The van der Waals surface area contributed by atoms with Crippen LogP contribution in [-0.2, 0) is 0 Å². The Balaban J connectivity index is 2.02. The highest BCUT2D eigenvalue weighted by Gasteiger charge is 2.12. The molecule has 0 aliphatic rings. The molecule has 0 spiro atoms. The lowest BCUT2D eigenvalue weighted by Crippen LogP contribution is -2.15. The van der Waals surface area contributed by atoms with Crippen molar-refractivity contribution in [3.63, 3.8) is 0 Å². The molecule has 3 rings (SSSR count). The summed E-state index contributed by atoms with van der Waals surface area (Å²) in [6, 6.07) is 18.6. The van der Waals surface area contributed by atoms with Crippen molar-refractivity contribution in [2.75, 3.05) is 24.3 Å². The van der Waals surface area contributed by atoms with Gasteiger partial charge in [-0.3, -0.25) is 0 Å². The van der Waals surface area contributed by atoms with Crippen molar-refractivity contribution >= 4 is 22.7 Å². The number of hydrogen-bond donors (Lipinski definition) is 1. The van der Waals surface area contributed by atoms with Gasteiger partial charge in [0.05, 0.1) is 5.52 Å². The molecule has 3 aromatic rings. The maximum absolute atomic E-state index is 4.67. The first-order valence-electron chi connectivity index (χ1n) is 7.41. The van der Waals surface area contributed by atoms with Crippen LogP contribution in [0, 0.1) is 0 Å². The van der Waals surface area contributed by atoms with Crippen LogP contribution in [0.4, 0.5) is 11.8 Å². The highest BCUT2D eigenvalue weighted by Crippen LogP contribution is 2.26. The maximum Gasteiger partial charge on any atom is 0.227 e. The molecule has 112 valence electrons. The monoisotopic (exact) mass is 292 g/mol. The quantitative estimate of drug-likeness (QED) is 0.792. The number of benzene rings is 2. The summed E-state index contributed by atoms with van der Waals surface area (Å²) in [5.74, 6) is 1.58. The lowest BCUT2D eigenvalue weighted by Gasteiger charge is -2.18. The Morgan fingerprint density at radius 1 is 0.909 bits per heavy atom. The van der Waals surface area contributed by atoms with E-state index in [0.717, 1.165) is 16.7 Å². The number of fused-ring (bicyclic) bond motifs is 1. The SMILES string of the molecule is C[C@H](Nc1nc(N(C)C)nc2ccccc12)c1ccccc1. The molecule has 4 nitrogen and oxygen atoms in total. The molecule has 0 radical (unpaired) electrons. The summed E-state index contributed by atoms with van der Waals surface area (Å²) in [5, 5.41) is 4.56. The van der Waals surface area contributed by atoms with Gasteiger partial charge in [-0.2, -0.15) is 4.98 Å². The Labute approximate surface area is 130 Å². The van der Waals surface area contributed by atoms with Gasteiger partial charge >= 0.3 is 0 Å². The van der Waals surface area contributed by atoms with Crippen molar-refractivity contribution in [3.8, 4) is 0 Å². The lowest BCUT2D eigenvalue weighted by atomic mass is 10.1. The summed E-state index contributed by atoms with van der Waals surface area (Å²) < 4.78 is 0. The van der Waals surface area contributed by atoms with E-state index >= 15 is 0 Å². The summed E-state index contributed by atoms with van der Waals surface area (Å²) in [5.41, 5.74) is 2.18. The number of hydrogen-bond acceptors (Lipinski definition) is 4. The van der Waals surface area contributed by atoms with Gasteiger partial charge in [0.25, 0.3) is 0 Å². The van der Waals surface area contributed by atoms with E-state index < -0.39 is 0 Å². The van der Waals surface area contributed by atoms with Crippen LogP contribution in [0.3, 0.4) is 0 Å². The van der Waals surface area contributed by atoms with E-state index in [4.69, 9.17) is 0 Å². The van der Waals surface area contributed by atoms with E-state index in [1.54, 1.807) is 0 Å². The van der Waals surface area contributed by atoms with Gasteiger partial charge in [-0.15, -0.1) is 0 Å². The van der Waals surface area contributed by atoms with E-state index in [1.807, 2.05) is 43.3 Å². The van der Waals surface area contributed by atoms with Crippen molar-refractivity contribution in [3.05, 3.63) is 60.2 Å². The molecule has 0 saturated heterocycles. The van der Waals surface area contributed by atoms with Crippen molar-refractivity contribution in [2.24, 2.45) is 0 Å². The second-order valence-corrected chi connectivity index (χ2v) is 5.56. The molecule has 0 aliphatic carbocycles. The molecule has 1 atom stereocenters. The standard InChI is InChI=1S/C18H20N4/c1-13(14-9-5-4-6-10-14)19-17-15-11-7-8-12-16(15)20-18(21-17)22(2)3/h4-13H,1-3H3,(H,19,20,21)/t13-/m0/s1. The molecular formula is C18H20N4. The van der Waals surface area contributed by atoms with E-state index in [2.05, 4.69) is 52.5 Å². The highest BCUT2D eigenvalue weighted by atomic mass is 15.2.